The molecule has 4 nitrogen and oxygen atoms in total. The highest BCUT2D eigenvalue weighted by Crippen LogP contribution is 2.34. The number of aromatic amines is 1. The largest absolute Gasteiger partial charge is 0.487 e. The molecule has 0 spiro atoms. The van der Waals surface area contributed by atoms with E-state index in [1.54, 1.807) is 17.8 Å². The summed E-state index contributed by atoms with van der Waals surface area (Å²) >= 11 is 1.69. The Balaban J connectivity index is 1.65. The van der Waals surface area contributed by atoms with Crippen LogP contribution in [0.5, 0.6) is 17.2 Å². The highest BCUT2D eigenvalue weighted by molar-refractivity contribution is 7.98. The average Bonchev–Trinajstić information content (AvgIpc) is 3.17. The first-order valence-electron chi connectivity index (χ1n) is 8.80. The number of hydrogen-bond donors (Lipinski definition) is 1. The van der Waals surface area contributed by atoms with Gasteiger partial charge in [-0.3, -0.25) is 0 Å². The summed E-state index contributed by atoms with van der Waals surface area (Å²) in [6.45, 7) is 0.433. The molecule has 1 heterocycles. The number of hydrogen-bond acceptors (Lipinski definition) is 4. The van der Waals surface area contributed by atoms with E-state index >= 15 is 0 Å². The SMILES string of the molecule is CSc1ccc(Oc2cc(OCc3ccccc3)c3[nH]c(C#N)cc3c2)cc1. The molecule has 1 N–H and O–H groups in total. The van der Waals surface area contributed by atoms with Gasteiger partial charge in [-0.05, 0) is 48.2 Å². The Labute approximate surface area is 167 Å². The van der Waals surface area contributed by atoms with Gasteiger partial charge in [0.2, 0.25) is 0 Å². The molecule has 0 amide bonds. The van der Waals surface area contributed by atoms with E-state index in [1.165, 1.54) is 4.90 Å². The maximum absolute atomic E-state index is 9.24. The second kappa shape index (κ2) is 8.12. The predicted octanol–water partition coefficient (Wildman–Crippen LogP) is 6.13. The van der Waals surface area contributed by atoms with E-state index in [4.69, 9.17) is 9.47 Å². The maximum Gasteiger partial charge on any atom is 0.147 e. The molecule has 4 rings (SSSR count). The molecule has 0 saturated heterocycles. The van der Waals surface area contributed by atoms with Gasteiger partial charge in [-0.25, -0.2) is 0 Å². The molecule has 0 unspecified atom stereocenters. The summed E-state index contributed by atoms with van der Waals surface area (Å²) in [5, 5.41) is 10.1. The van der Waals surface area contributed by atoms with Crippen LogP contribution in [0.15, 0.2) is 77.7 Å². The quantitative estimate of drug-likeness (QED) is 0.405. The van der Waals surface area contributed by atoms with Crippen molar-refractivity contribution in [2.24, 2.45) is 0 Å². The predicted molar refractivity (Wildman–Crippen MR) is 112 cm³/mol. The number of aromatic nitrogens is 1. The number of rotatable bonds is 6. The number of fused-ring (bicyclic) bond motifs is 1. The summed E-state index contributed by atoms with van der Waals surface area (Å²) < 4.78 is 12.1. The maximum atomic E-state index is 9.24. The minimum Gasteiger partial charge on any atom is -0.487 e. The van der Waals surface area contributed by atoms with Crippen molar-refractivity contribution in [2.75, 3.05) is 6.26 Å². The van der Waals surface area contributed by atoms with E-state index in [0.29, 0.717) is 23.8 Å². The fourth-order valence-electron chi connectivity index (χ4n) is 2.93. The average molecular weight is 386 g/mol. The number of nitrogens with zero attached hydrogens (tertiary/aromatic N) is 1. The van der Waals surface area contributed by atoms with E-state index in [9.17, 15) is 5.26 Å². The van der Waals surface area contributed by atoms with Crippen LogP contribution in [0.1, 0.15) is 11.3 Å². The van der Waals surface area contributed by atoms with Crippen molar-refractivity contribution in [1.29, 1.82) is 5.26 Å². The molecule has 0 saturated carbocycles. The van der Waals surface area contributed by atoms with Crippen molar-refractivity contribution in [1.82, 2.24) is 4.98 Å². The summed E-state index contributed by atoms with van der Waals surface area (Å²) in [4.78, 5) is 4.29. The van der Waals surface area contributed by atoms with Crippen LogP contribution in [-0.2, 0) is 6.61 Å². The van der Waals surface area contributed by atoms with Crippen LogP contribution < -0.4 is 9.47 Å². The zero-order valence-electron chi connectivity index (χ0n) is 15.3. The Bertz CT molecular complexity index is 1130. The number of benzene rings is 3. The lowest BCUT2D eigenvalue weighted by Gasteiger charge is -2.11. The fourth-order valence-corrected chi connectivity index (χ4v) is 3.34. The van der Waals surface area contributed by atoms with Crippen molar-refractivity contribution in [2.45, 2.75) is 11.5 Å². The Hall–Kier alpha value is -3.36. The minimum absolute atomic E-state index is 0.433. The third-order valence-corrected chi connectivity index (χ3v) is 5.06. The van der Waals surface area contributed by atoms with Gasteiger partial charge in [0.1, 0.15) is 35.6 Å². The van der Waals surface area contributed by atoms with Gasteiger partial charge in [0.25, 0.3) is 0 Å². The second-order valence-corrected chi connectivity index (χ2v) is 7.11. The van der Waals surface area contributed by atoms with E-state index < -0.39 is 0 Å². The second-order valence-electron chi connectivity index (χ2n) is 6.23. The van der Waals surface area contributed by atoms with Crippen LogP contribution in [0, 0.1) is 11.3 Å². The molecule has 0 aliphatic carbocycles. The van der Waals surface area contributed by atoms with Gasteiger partial charge in [0.05, 0.1) is 5.52 Å². The molecule has 0 bridgehead atoms. The van der Waals surface area contributed by atoms with Crippen molar-refractivity contribution in [3.63, 3.8) is 0 Å². The smallest absolute Gasteiger partial charge is 0.147 e. The van der Waals surface area contributed by atoms with Crippen LogP contribution in [-0.4, -0.2) is 11.2 Å². The minimum atomic E-state index is 0.433. The zero-order chi connectivity index (χ0) is 19.3. The van der Waals surface area contributed by atoms with Gasteiger partial charge < -0.3 is 14.5 Å². The number of nitrogens with one attached hydrogen (secondary N) is 1. The van der Waals surface area contributed by atoms with Gasteiger partial charge in [0, 0.05) is 16.3 Å². The van der Waals surface area contributed by atoms with Crippen LogP contribution in [0.4, 0.5) is 0 Å². The number of nitriles is 1. The number of ether oxygens (including phenoxy) is 2. The number of H-pyrrole nitrogens is 1. The molecular formula is C23H18N2O2S. The van der Waals surface area contributed by atoms with Gasteiger partial charge in [-0.2, -0.15) is 5.26 Å². The Morgan fingerprint density at radius 2 is 1.75 bits per heavy atom. The lowest BCUT2D eigenvalue weighted by Crippen LogP contribution is -1.96. The van der Waals surface area contributed by atoms with E-state index in [0.717, 1.165) is 22.2 Å². The summed E-state index contributed by atoms with van der Waals surface area (Å²) in [7, 11) is 0. The van der Waals surface area contributed by atoms with Gasteiger partial charge in [-0.15, -0.1) is 11.8 Å². The van der Waals surface area contributed by atoms with Crippen molar-refractivity contribution in [3.05, 3.63) is 84.1 Å². The number of thioether (sulfide) groups is 1. The first-order valence-corrected chi connectivity index (χ1v) is 10.0. The van der Waals surface area contributed by atoms with E-state index in [-0.39, 0.29) is 0 Å². The standard InChI is InChI=1S/C23H18N2O2S/c1-28-21-9-7-19(8-10-21)27-20-12-17-11-18(14-24)25-23(17)22(13-20)26-15-16-5-3-2-4-6-16/h2-13,25H,15H2,1H3. The summed E-state index contributed by atoms with van der Waals surface area (Å²) in [5.41, 5.74) is 2.35. The molecule has 0 radical (unpaired) electrons. The highest BCUT2D eigenvalue weighted by Gasteiger charge is 2.11. The van der Waals surface area contributed by atoms with Gasteiger partial charge in [-0.1, -0.05) is 30.3 Å². The van der Waals surface area contributed by atoms with E-state index in [1.807, 2.05) is 73.0 Å². The summed E-state index contributed by atoms with van der Waals surface area (Å²) in [6.07, 6.45) is 2.04. The topological polar surface area (TPSA) is 58.0 Å². The third-order valence-electron chi connectivity index (χ3n) is 4.32. The molecular weight excluding hydrogens is 368 g/mol. The van der Waals surface area contributed by atoms with Crippen molar-refractivity contribution < 1.29 is 9.47 Å². The monoisotopic (exact) mass is 386 g/mol. The molecule has 5 heteroatoms. The molecule has 138 valence electrons. The molecule has 0 aliphatic heterocycles. The van der Waals surface area contributed by atoms with E-state index in [2.05, 4.69) is 11.1 Å². The molecule has 4 aromatic rings. The zero-order valence-corrected chi connectivity index (χ0v) is 16.1. The van der Waals surface area contributed by atoms with Gasteiger partial charge in [0.15, 0.2) is 0 Å². The lowest BCUT2D eigenvalue weighted by atomic mass is 10.2. The van der Waals surface area contributed by atoms with Crippen LogP contribution in [0.2, 0.25) is 0 Å². The first kappa shape index (κ1) is 18.0. The van der Waals surface area contributed by atoms with Crippen molar-refractivity contribution >= 4 is 22.7 Å². The van der Waals surface area contributed by atoms with Crippen LogP contribution in [0.3, 0.4) is 0 Å². The Morgan fingerprint density at radius 1 is 0.964 bits per heavy atom. The first-order chi connectivity index (χ1) is 13.7. The van der Waals surface area contributed by atoms with Crippen LogP contribution in [0.25, 0.3) is 10.9 Å². The Kier molecular flexibility index (Phi) is 5.22. The van der Waals surface area contributed by atoms with Gasteiger partial charge >= 0.3 is 0 Å². The van der Waals surface area contributed by atoms with Crippen LogP contribution >= 0.6 is 11.8 Å². The lowest BCUT2D eigenvalue weighted by molar-refractivity contribution is 0.308. The fraction of sp³-hybridized carbons (Fsp3) is 0.0870. The molecule has 0 fully saturated rings. The summed E-state index contributed by atoms with van der Waals surface area (Å²) in [6, 6.07) is 25.6. The highest BCUT2D eigenvalue weighted by atomic mass is 32.2. The normalized spacial score (nSPS) is 10.6. The third kappa shape index (κ3) is 3.98. The summed E-state index contributed by atoms with van der Waals surface area (Å²) in [5.74, 6) is 2.07. The molecule has 0 aliphatic rings. The molecule has 0 atom stereocenters. The molecule has 1 aromatic heterocycles. The van der Waals surface area contributed by atoms with Crippen molar-refractivity contribution in [3.8, 4) is 23.3 Å². The Morgan fingerprint density at radius 3 is 2.46 bits per heavy atom. The molecule has 3 aromatic carbocycles. The molecule has 28 heavy (non-hydrogen) atoms.